The van der Waals surface area contributed by atoms with Crippen LogP contribution in [-0.4, -0.2) is 19.1 Å². The molecule has 3 rings (SSSR count). The van der Waals surface area contributed by atoms with Crippen molar-refractivity contribution in [3.63, 3.8) is 0 Å². The van der Waals surface area contributed by atoms with Crippen LogP contribution in [-0.2, 0) is 12.3 Å². The maximum Gasteiger partial charge on any atom is 0.262 e. The van der Waals surface area contributed by atoms with E-state index in [1.807, 2.05) is 18.2 Å². The smallest absolute Gasteiger partial charge is 0.262 e. The van der Waals surface area contributed by atoms with E-state index in [0.29, 0.717) is 38.4 Å². The van der Waals surface area contributed by atoms with Crippen molar-refractivity contribution in [1.29, 1.82) is 0 Å². The number of fused-ring (bicyclic) bond motifs is 1. The first-order valence-corrected chi connectivity index (χ1v) is 8.54. The largest absolute Gasteiger partial charge is 0.283 e. The zero-order valence-electron chi connectivity index (χ0n) is 11.4. The SMILES string of the molecule is C=CCn1c(SCc2nnsc2Cl)nc2ccccc2c1=O. The summed E-state index contributed by atoms with van der Waals surface area (Å²) in [7, 11) is 0. The minimum atomic E-state index is -0.0736. The molecular formula is C14H11ClN4OS2. The quantitative estimate of drug-likeness (QED) is 0.401. The minimum absolute atomic E-state index is 0.0736. The Labute approximate surface area is 139 Å². The summed E-state index contributed by atoms with van der Waals surface area (Å²) in [5, 5.41) is 5.19. The molecule has 8 heteroatoms. The van der Waals surface area contributed by atoms with Crippen LogP contribution < -0.4 is 5.56 Å². The number of aromatic nitrogens is 4. The van der Waals surface area contributed by atoms with E-state index >= 15 is 0 Å². The molecule has 0 aliphatic rings. The lowest BCUT2D eigenvalue weighted by Crippen LogP contribution is -2.22. The van der Waals surface area contributed by atoms with Crippen LogP contribution in [0.1, 0.15) is 5.69 Å². The molecule has 0 N–H and O–H groups in total. The summed E-state index contributed by atoms with van der Waals surface area (Å²) in [6.07, 6.45) is 1.68. The predicted octanol–water partition coefficient (Wildman–Crippen LogP) is 3.38. The van der Waals surface area contributed by atoms with Gasteiger partial charge in [0.15, 0.2) is 5.16 Å². The molecule has 2 aromatic heterocycles. The van der Waals surface area contributed by atoms with E-state index in [4.69, 9.17) is 11.6 Å². The van der Waals surface area contributed by atoms with E-state index < -0.39 is 0 Å². The summed E-state index contributed by atoms with van der Waals surface area (Å²) < 4.78 is 5.97. The van der Waals surface area contributed by atoms with Gasteiger partial charge in [-0.05, 0) is 12.1 Å². The van der Waals surface area contributed by atoms with Crippen LogP contribution in [0.4, 0.5) is 0 Å². The summed E-state index contributed by atoms with van der Waals surface area (Å²) in [6.45, 7) is 4.11. The minimum Gasteiger partial charge on any atom is -0.283 e. The van der Waals surface area contributed by atoms with Crippen LogP contribution in [0.2, 0.25) is 4.34 Å². The van der Waals surface area contributed by atoms with Crippen molar-refractivity contribution < 1.29 is 0 Å². The van der Waals surface area contributed by atoms with Gasteiger partial charge in [0, 0.05) is 23.8 Å². The number of halogens is 1. The van der Waals surface area contributed by atoms with Crippen LogP contribution in [0.25, 0.3) is 10.9 Å². The lowest BCUT2D eigenvalue weighted by Gasteiger charge is -2.10. The molecule has 2 heterocycles. The van der Waals surface area contributed by atoms with Gasteiger partial charge in [-0.3, -0.25) is 9.36 Å². The molecule has 0 amide bonds. The fourth-order valence-corrected chi connectivity index (χ4v) is 3.71. The van der Waals surface area contributed by atoms with Crippen LogP contribution in [0.15, 0.2) is 46.9 Å². The third-order valence-corrected chi connectivity index (χ3v) is 4.96. The molecule has 0 atom stereocenters. The molecule has 0 bridgehead atoms. The van der Waals surface area contributed by atoms with Crippen molar-refractivity contribution >= 4 is 45.8 Å². The Morgan fingerprint density at radius 3 is 2.95 bits per heavy atom. The van der Waals surface area contributed by atoms with Gasteiger partial charge >= 0.3 is 0 Å². The summed E-state index contributed by atoms with van der Waals surface area (Å²) in [4.78, 5) is 17.2. The number of para-hydroxylation sites is 1. The molecule has 0 fully saturated rings. The number of hydrogen-bond donors (Lipinski definition) is 0. The third-order valence-electron chi connectivity index (χ3n) is 2.99. The summed E-state index contributed by atoms with van der Waals surface area (Å²) in [6, 6.07) is 7.30. The van der Waals surface area contributed by atoms with Gasteiger partial charge < -0.3 is 0 Å². The Bertz CT molecular complexity index is 890. The maximum absolute atomic E-state index is 12.6. The van der Waals surface area contributed by atoms with Gasteiger partial charge in [0.2, 0.25) is 0 Å². The first-order chi connectivity index (χ1) is 10.7. The van der Waals surface area contributed by atoms with Gasteiger partial charge in [0.1, 0.15) is 10.0 Å². The van der Waals surface area contributed by atoms with Crippen molar-refractivity contribution in [2.75, 3.05) is 0 Å². The van der Waals surface area contributed by atoms with E-state index in [1.165, 1.54) is 11.8 Å². The second-order valence-electron chi connectivity index (χ2n) is 4.40. The van der Waals surface area contributed by atoms with Crippen LogP contribution in [0, 0.1) is 0 Å². The lowest BCUT2D eigenvalue weighted by molar-refractivity contribution is 0.671. The van der Waals surface area contributed by atoms with E-state index in [9.17, 15) is 4.79 Å². The Morgan fingerprint density at radius 1 is 1.41 bits per heavy atom. The first-order valence-electron chi connectivity index (χ1n) is 6.40. The highest BCUT2D eigenvalue weighted by molar-refractivity contribution is 7.98. The number of nitrogens with zero attached hydrogens (tertiary/aromatic N) is 4. The molecule has 0 aliphatic heterocycles. The molecule has 22 heavy (non-hydrogen) atoms. The van der Waals surface area contributed by atoms with Gasteiger partial charge in [-0.15, -0.1) is 11.7 Å². The van der Waals surface area contributed by atoms with Crippen molar-refractivity contribution in [3.8, 4) is 0 Å². The van der Waals surface area contributed by atoms with Gasteiger partial charge in [-0.2, -0.15) is 0 Å². The molecule has 0 radical (unpaired) electrons. The number of rotatable bonds is 5. The average Bonchev–Trinajstić information content (AvgIpc) is 2.94. The molecular weight excluding hydrogens is 340 g/mol. The molecule has 5 nitrogen and oxygen atoms in total. The topological polar surface area (TPSA) is 60.7 Å². The molecule has 0 saturated carbocycles. The van der Waals surface area contributed by atoms with E-state index in [1.54, 1.807) is 16.7 Å². The second kappa shape index (κ2) is 6.60. The lowest BCUT2D eigenvalue weighted by atomic mass is 10.2. The predicted molar refractivity (Wildman–Crippen MR) is 90.7 cm³/mol. The van der Waals surface area contributed by atoms with Gasteiger partial charge in [-0.1, -0.05) is 46.1 Å². The molecule has 0 aliphatic carbocycles. The Morgan fingerprint density at radius 2 is 2.23 bits per heavy atom. The third kappa shape index (κ3) is 2.92. The molecule has 0 unspecified atom stereocenters. The van der Waals surface area contributed by atoms with Crippen molar-refractivity contribution in [3.05, 3.63) is 57.3 Å². The van der Waals surface area contributed by atoms with E-state index in [0.717, 1.165) is 11.5 Å². The molecule has 3 aromatic rings. The fourth-order valence-electron chi connectivity index (χ4n) is 1.96. The first kappa shape index (κ1) is 15.2. The second-order valence-corrected chi connectivity index (χ2v) is 6.70. The Hall–Kier alpha value is -1.70. The molecule has 0 saturated heterocycles. The molecule has 112 valence electrons. The van der Waals surface area contributed by atoms with Crippen molar-refractivity contribution in [2.45, 2.75) is 17.5 Å². The monoisotopic (exact) mass is 350 g/mol. The van der Waals surface area contributed by atoms with Gasteiger partial charge in [-0.25, -0.2) is 4.98 Å². The highest BCUT2D eigenvalue weighted by atomic mass is 35.5. The number of hydrogen-bond acceptors (Lipinski definition) is 6. The number of thioether (sulfide) groups is 1. The maximum atomic E-state index is 12.6. The van der Waals surface area contributed by atoms with E-state index in [2.05, 4.69) is 21.1 Å². The highest BCUT2D eigenvalue weighted by Crippen LogP contribution is 2.26. The number of benzene rings is 1. The van der Waals surface area contributed by atoms with Crippen molar-refractivity contribution in [1.82, 2.24) is 19.1 Å². The summed E-state index contributed by atoms with van der Waals surface area (Å²) >= 11 is 8.57. The van der Waals surface area contributed by atoms with Gasteiger partial charge in [0.25, 0.3) is 5.56 Å². The van der Waals surface area contributed by atoms with Gasteiger partial charge in [0.05, 0.1) is 10.9 Å². The van der Waals surface area contributed by atoms with E-state index in [-0.39, 0.29) is 5.56 Å². The summed E-state index contributed by atoms with van der Waals surface area (Å²) in [5.74, 6) is 0.511. The highest BCUT2D eigenvalue weighted by Gasteiger charge is 2.12. The van der Waals surface area contributed by atoms with Crippen LogP contribution in [0.3, 0.4) is 0 Å². The van der Waals surface area contributed by atoms with Crippen molar-refractivity contribution in [2.24, 2.45) is 0 Å². The number of allylic oxidation sites excluding steroid dienone is 1. The zero-order valence-corrected chi connectivity index (χ0v) is 13.8. The normalized spacial score (nSPS) is 11.0. The molecule has 0 spiro atoms. The molecule has 1 aromatic carbocycles. The Balaban J connectivity index is 2.03. The summed E-state index contributed by atoms with van der Waals surface area (Å²) in [5.41, 5.74) is 1.30. The Kier molecular flexibility index (Phi) is 4.56. The zero-order chi connectivity index (χ0) is 15.5. The van der Waals surface area contributed by atoms with Crippen LogP contribution >= 0.6 is 34.9 Å². The van der Waals surface area contributed by atoms with Crippen LogP contribution in [0.5, 0.6) is 0 Å². The fraction of sp³-hybridized carbons (Fsp3) is 0.143. The average molecular weight is 351 g/mol. The standard InChI is InChI=1S/C14H11ClN4OS2/c1-2-7-19-13(20)9-5-3-4-6-10(9)16-14(19)21-8-11-12(15)22-18-17-11/h2-6H,1,7-8H2.